The Hall–Kier alpha value is -3.32. The highest BCUT2D eigenvalue weighted by molar-refractivity contribution is 5.84. The van der Waals surface area contributed by atoms with Gasteiger partial charge in [0.05, 0.1) is 23.3 Å². The normalized spacial score (nSPS) is 26.0. The van der Waals surface area contributed by atoms with Gasteiger partial charge in [0.2, 0.25) is 0 Å². The molecule has 0 radical (unpaired) electrons. The molecule has 2 aliphatic heterocycles. The number of nitrogens with one attached hydrogen (secondary N) is 2. The molecule has 2 aliphatic rings. The Labute approximate surface area is 190 Å². The molecule has 4 unspecified atom stereocenters. The molecule has 0 spiro atoms. The van der Waals surface area contributed by atoms with Gasteiger partial charge in [0, 0.05) is 37.8 Å². The minimum Gasteiger partial charge on any atom is -0.363 e. The van der Waals surface area contributed by atoms with E-state index in [1.54, 1.807) is 12.3 Å². The van der Waals surface area contributed by atoms with Crippen LogP contribution in [-0.2, 0) is 7.05 Å². The second-order valence-corrected chi connectivity index (χ2v) is 8.62. The third kappa shape index (κ3) is 3.97. The number of alkyl halides is 1. The molecule has 3 aromatic rings. The average molecular weight is 450 g/mol. The number of hydrogen-bond acceptors (Lipinski definition) is 6. The molecule has 33 heavy (non-hydrogen) atoms. The summed E-state index contributed by atoms with van der Waals surface area (Å²) in [5.74, 6) is -0.568. The predicted octanol–water partition coefficient (Wildman–Crippen LogP) is 2.51. The summed E-state index contributed by atoms with van der Waals surface area (Å²) >= 11 is 0. The van der Waals surface area contributed by atoms with Crippen molar-refractivity contribution in [3.8, 4) is 6.07 Å². The van der Waals surface area contributed by atoms with Crippen LogP contribution in [0.4, 0.5) is 8.78 Å². The number of hydrogen-bond donors (Lipinski definition) is 3. The van der Waals surface area contributed by atoms with E-state index in [1.165, 1.54) is 12.1 Å². The van der Waals surface area contributed by atoms with Crippen molar-refractivity contribution in [2.24, 2.45) is 12.8 Å². The van der Waals surface area contributed by atoms with Gasteiger partial charge < -0.3 is 11.1 Å². The Morgan fingerprint density at radius 2 is 2.09 bits per heavy atom. The lowest BCUT2D eigenvalue weighted by Crippen LogP contribution is -2.61. The first-order valence-corrected chi connectivity index (χ1v) is 10.9. The lowest BCUT2D eigenvalue weighted by molar-refractivity contribution is 0.0553. The monoisotopic (exact) mass is 449 g/mol. The topological polar surface area (TPSA) is 94.9 Å². The number of nitrogens with zero attached hydrogens (tertiary/aromatic N) is 4. The highest BCUT2D eigenvalue weighted by Crippen LogP contribution is 2.35. The number of piperidine rings is 1. The summed E-state index contributed by atoms with van der Waals surface area (Å²) in [6, 6.07) is 11.7. The van der Waals surface area contributed by atoms with Crippen molar-refractivity contribution < 1.29 is 8.78 Å². The fourth-order valence-corrected chi connectivity index (χ4v) is 4.61. The lowest BCUT2D eigenvalue weighted by atomic mass is 9.91. The summed E-state index contributed by atoms with van der Waals surface area (Å²) in [5.41, 5.74) is 9.40. The summed E-state index contributed by atoms with van der Waals surface area (Å²) in [5, 5.41) is 21.3. The van der Waals surface area contributed by atoms with Crippen LogP contribution in [0.25, 0.3) is 16.5 Å². The smallest absolute Gasteiger partial charge is 0.141 e. The highest BCUT2D eigenvalue weighted by atomic mass is 19.1. The molecule has 0 aliphatic carbocycles. The van der Waals surface area contributed by atoms with Crippen molar-refractivity contribution >= 4 is 16.5 Å². The maximum absolute atomic E-state index is 14.5. The zero-order valence-corrected chi connectivity index (χ0v) is 18.2. The molecule has 5 rings (SSSR count). The number of likely N-dealkylation sites (tertiary alicyclic amines) is 1. The van der Waals surface area contributed by atoms with Gasteiger partial charge in [-0.1, -0.05) is 12.1 Å². The van der Waals surface area contributed by atoms with Crippen LogP contribution >= 0.6 is 0 Å². The molecular formula is C24H25F2N7. The third-order valence-electron chi connectivity index (χ3n) is 6.55. The third-order valence-corrected chi connectivity index (χ3v) is 6.55. The van der Waals surface area contributed by atoms with Crippen molar-refractivity contribution in [3.63, 3.8) is 0 Å². The summed E-state index contributed by atoms with van der Waals surface area (Å²) in [6.45, 7) is 0.858. The van der Waals surface area contributed by atoms with Crippen molar-refractivity contribution in [2.45, 2.75) is 31.0 Å². The zero-order chi connectivity index (χ0) is 23.1. The molecular weight excluding hydrogens is 424 g/mol. The van der Waals surface area contributed by atoms with Gasteiger partial charge in [-0.05, 0) is 47.4 Å². The van der Waals surface area contributed by atoms with Crippen LogP contribution in [0.1, 0.15) is 29.2 Å². The SMILES string of the molecule is Cn1ncc2cc(C3=CNC(N4CCC(N)C(F)C4)NC3c3ccc(C#N)c(F)c3)ccc21. The van der Waals surface area contributed by atoms with Crippen molar-refractivity contribution in [3.05, 3.63) is 71.3 Å². The van der Waals surface area contributed by atoms with Crippen molar-refractivity contribution in [1.29, 1.82) is 5.26 Å². The Kier molecular flexibility index (Phi) is 5.58. The molecule has 4 atom stereocenters. The van der Waals surface area contributed by atoms with Crippen LogP contribution in [0.2, 0.25) is 0 Å². The fraction of sp³-hybridized carbons (Fsp3) is 0.333. The summed E-state index contributed by atoms with van der Waals surface area (Å²) in [7, 11) is 1.89. The van der Waals surface area contributed by atoms with Crippen LogP contribution in [0.5, 0.6) is 0 Å². The van der Waals surface area contributed by atoms with E-state index in [9.17, 15) is 8.78 Å². The molecule has 3 heterocycles. The van der Waals surface area contributed by atoms with Gasteiger partial charge >= 0.3 is 0 Å². The van der Waals surface area contributed by atoms with E-state index in [-0.39, 0.29) is 24.4 Å². The van der Waals surface area contributed by atoms with Gasteiger partial charge in [0.25, 0.3) is 0 Å². The first-order chi connectivity index (χ1) is 15.9. The van der Waals surface area contributed by atoms with Gasteiger partial charge in [-0.15, -0.1) is 0 Å². The van der Waals surface area contributed by atoms with Gasteiger partial charge in [-0.3, -0.25) is 14.9 Å². The van der Waals surface area contributed by atoms with Crippen molar-refractivity contribution in [2.75, 3.05) is 13.1 Å². The molecule has 1 aromatic heterocycles. The Morgan fingerprint density at radius 3 is 2.85 bits per heavy atom. The number of rotatable bonds is 3. The fourth-order valence-electron chi connectivity index (χ4n) is 4.61. The molecule has 0 bridgehead atoms. The Balaban J connectivity index is 1.52. The number of benzene rings is 2. The Bertz CT molecular complexity index is 1260. The molecule has 0 saturated carbocycles. The molecule has 1 fully saturated rings. The minimum absolute atomic E-state index is 0.00293. The molecule has 9 heteroatoms. The standard InChI is InChI=1S/C24H25F2N7/c1-32-22-5-4-14(8-17(22)11-30-32)18-12-29-24(33-7-6-21(28)20(26)13-33)31-23(18)15-2-3-16(10-27)19(25)9-15/h2-5,8-9,11-12,20-21,23-24,29,31H,6-7,13,28H2,1H3. The van der Waals surface area contributed by atoms with Gasteiger partial charge in [0.1, 0.15) is 24.3 Å². The second kappa shape index (κ2) is 8.56. The predicted molar refractivity (Wildman–Crippen MR) is 122 cm³/mol. The molecule has 7 nitrogen and oxygen atoms in total. The molecule has 1 saturated heterocycles. The van der Waals surface area contributed by atoms with Crippen LogP contribution in [-0.4, -0.2) is 46.3 Å². The first-order valence-electron chi connectivity index (χ1n) is 10.9. The maximum Gasteiger partial charge on any atom is 0.141 e. The highest BCUT2D eigenvalue weighted by Gasteiger charge is 2.34. The first kappa shape index (κ1) is 21.5. The Morgan fingerprint density at radius 1 is 1.24 bits per heavy atom. The van der Waals surface area contributed by atoms with E-state index < -0.39 is 18.0 Å². The number of nitrogens with two attached hydrogens (primary N) is 1. The van der Waals surface area contributed by atoms with Crippen molar-refractivity contribution in [1.82, 2.24) is 25.3 Å². The maximum atomic E-state index is 14.5. The summed E-state index contributed by atoms with van der Waals surface area (Å²) in [6.07, 6.45) is 2.82. The molecule has 0 amide bonds. The zero-order valence-electron chi connectivity index (χ0n) is 18.2. The number of aryl methyl sites for hydroxylation is 1. The number of halogens is 2. The van der Waals surface area contributed by atoms with E-state index in [2.05, 4.69) is 15.7 Å². The molecule has 170 valence electrons. The lowest BCUT2D eigenvalue weighted by Gasteiger charge is -2.43. The van der Waals surface area contributed by atoms with E-state index >= 15 is 0 Å². The van der Waals surface area contributed by atoms with E-state index in [0.29, 0.717) is 18.5 Å². The molecule has 4 N–H and O–H groups in total. The minimum atomic E-state index is -1.11. The van der Waals surface area contributed by atoms with E-state index in [4.69, 9.17) is 11.0 Å². The number of nitriles is 1. The summed E-state index contributed by atoms with van der Waals surface area (Å²) in [4.78, 5) is 1.97. The van der Waals surface area contributed by atoms with Crippen LogP contribution in [0, 0.1) is 17.1 Å². The summed E-state index contributed by atoms with van der Waals surface area (Å²) < 4.78 is 30.6. The van der Waals surface area contributed by atoms with Gasteiger partial charge in [-0.25, -0.2) is 8.78 Å². The van der Waals surface area contributed by atoms with Gasteiger partial charge in [-0.2, -0.15) is 10.4 Å². The van der Waals surface area contributed by atoms with E-state index in [0.717, 1.165) is 22.0 Å². The number of aromatic nitrogens is 2. The largest absolute Gasteiger partial charge is 0.363 e. The quantitative estimate of drug-likeness (QED) is 0.569. The molecule has 2 aromatic carbocycles. The average Bonchev–Trinajstić information content (AvgIpc) is 3.20. The second-order valence-electron chi connectivity index (χ2n) is 8.62. The van der Waals surface area contributed by atoms with Crippen LogP contribution < -0.4 is 16.4 Å². The van der Waals surface area contributed by atoms with Crippen LogP contribution in [0.15, 0.2) is 48.8 Å². The van der Waals surface area contributed by atoms with Crippen LogP contribution in [0.3, 0.4) is 0 Å². The van der Waals surface area contributed by atoms with E-state index in [1.807, 2.05) is 47.1 Å². The number of fused-ring (bicyclic) bond motifs is 1. The van der Waals surface area contributed by atoms with Gasteiger partial charge in [0.15, 0.2) is 0 Å².